The average molecular weight is 485 g/mol. The highest BCUT2D eigenvalue weighted by molar-refractivity contribution is 5.88. The van der Waals surface area contributed by atoms with Crippen LogP contribution in [-0.4, -0.2) is 0 Å². The fourth-order valence-corrected chi connectivity index (χ4v) is 6.32. The first-order chi connectivity index (χ1) is 18.8. The SMILES string of the molecule is c1ccc(Cc2cccc(-c3ccc4c(c3)-c3ccccc3C4(c3ccccc3)c3ccccc3)c2)cc1. The van der Waals surface area contributed by atoms with Crippen LogP contribution in [0.5, 0.6) is 0 Å². The summed E-state index contributed by atoms with van der Waals surface area (Å²) in [6.07, 6.45) is 0.938. The molecule has 180 valence electrons. The summed E-state index contributed by atoms with van der Waals surface area (Å²) in [5.41, 5.74) is 12.8. The minimum atomic E-state index is -0.345. The van der Waals surface area contributed by atoms with Gasteiger partial charge in [0.05, 0.1) is 5.41 Å². The molecule has 0 radical (unpaired) electrons. The van der Waals surface area contributed by atoms with Crippen molar-refractivity contribution in [3.05, 3.63) is 191 Å². The van der Waals surface area contributed by atoms with E-state index in [-0.39, 0.29) is 5.41 Å². The average Bonchev–Trinajstić information content (AvgIpc) is 3.29. The Kier molecular flexibility index (Phi) is 5.52. The Bertz CT molecular complexity index is 1670. The summed E-state index contributed by atoms with van der Waals surface area (Å²) in [5, 5.41) is 0. The van der Waals surface area contributed by atoms with Crippen molar-refractivity contribution in [3.8, 4) is 22.3 Å². The fraction of sp³-hybridized carbons (Fsp3) is 0.0526. The number of hydrogen-bond donors (Lipinski definition) is 0. The van der Waals surface area contributed by atoms with Gasteiger partial charge in [0.1, 0.15) is 0 Å². The smallest absolute Gasteiger partial charge is 0.0622 e. The number of hydrogen-bond acceptors (Lipinski definition) is 0. The van der Waals surface area contributed by atoms with Crippen LogP contribution in [0, 0.1) is 0 Å². The molecule has 0 nitrogen and oxygen atoms in total. The number of rotatable bonds is 5. The van der Waals surface area contributed by atoms with Crippen molar-refractivity contribution in [2.24, 2.45) is 0 Å². The minimum Gasteiger partial charge on any atom is -0.0622 e. The Labute approximate surface area is 224 Å². The van der Waals surface area contributed by atoms with E-state index >= 15 is 0 Å². The lowest BCUT2D eigenvalue weighted by Gasteiger charge is -2.33. The summed E-state index contributed by atoms with van der Waals surface area (Å²) in [4.78, 5) is 0. The first-order valence-corrected chi connectivity index (χ1v) is 13.3. The molecule has 0 bridgehead atoms. The van der Waals surface area contributed by atoms with Gasteiger partial charge in [-0.1, -0.05) is 152 Å². The standard InChI is InChI=1S/C38H28/c1-4-13-28(14-5-1)25-29-15-12-16-30(26-29)31-23-24-37-35(27-31)34-21-10-11-22-36(34)38(37,32-17-6-2-7-18-32)33-19-8-3-9-20-33/h1-24,26-27H,25H2. The predicted molar refractivity (Wildman–Crippen MR) is 158 cm³/mol. The van der Waals surface area contributed by atoms with Gasteiger partial charge in [0, 0.05) is 0 Å². The molecule has 0 spiro atoms. The number of fused-ring (bicyclic) bond motifs is 3. The fourth-order valence-electron chi connectivity index (χ4n) is 6.32. The van der Waals surface area contributed by atoms with Gasteiger partial charge >= 0.3 is 0 Å². The maximum Gasteiger partial charge on any atom is 0.0713 e. The molecule has 0 aromatic heterocycles. The third-order valence-electron chi connectivity index (χ3n) is 7.97. The minimum absolute atomic E-state index is 0.345. The Balaban J connectivity index is 1.41. The molecule has 1 aliphatic rings. The zero-order valence-electron chi connectivity index (χ0n) is 21.2. The summed E-state index contributed by atoms with van der Waals surface area (Å²) in [6.45, 7) is 0. The van der Waals surface area contributed by atoms with E-state index in [0.717, 1.165) is 6.42 Å². The quantitative estimate of drug-likeness (QED) is 0.228. The summed E-state index contributed by atoms with van der Waals surface area (Å²) in [7, 11) is 0. The van der Waals surface area contributed by atoms with Crippen molar-refractivity contribution in [3.63, 3.8) is 0 Å². The van der Waals surface area contributed by atoms with E-state index in [1.807, 2.05) is 0 Å². The Hall–Kier alpha value is -4.68. The molecular weight excluding hydrogens is 456 g/mol. The van der Waals surface area contributed by atoms with E-state index in [1.165, 1.54) is 55.6 Å². The molecule has 38 heavy (non-hydrogen) atoms. The van der Waals surface area contributed by atoms with Crippen molar-refractivity contribution in [1.29, 1.82) is 0 Å². The van der Waals surface area contributed by atoms with Gasteiger partial charge in [0.25, 0.3) is 0 Å². The highest BCUT2D eigenvalue weighted by Gasteiger charge is 2.45. The lowest BCUT2D eigenvalue weighted by atomic mass is 9.67. The van der Waals surface area contributed by atoms with E-state index < -0.39 is 0 Å². The van der Waals surface area contributed by atoms with Crippen LogP contribution >= 0.6 is 0 Å². The molecule has 0 amide bonds. The second-order valence-electron chi connectivity index (χ2n) is 10.2. The van der Waals surface area contributed by atoms with E-state index in [2.05, 4.69) is 158 Å². The molecule has 0 fully saturated rings. The molecule has 0 atom stereocenters. The van der Waals surface area contributed by atoms with E-state index in [9.17, 15) is 0 Å². The third kappa shape index (κ3) is 3.61. The van der Waals surface area contributed by atoms with Gasteiger partial charge in [-0.2, -0.15) is 0 Å². The monoisotopic (exact) mass is 484 g/mol. The molecule has 0 heterocycles. The van der Waals surface area contributed by atoms with Crippen LogP contribution < -0.4 is 0 Å². The molecular formula is C38H28. The van der Waals surface area contributed by atoms with Gasteiger partial charge in [-0.3, -0.25) is 0 Å². The molecule has 6 aromatic rings. The molecule has 0 heteroatoms. The summed E-state index contributed by atoms with van der Waals surface area (Å²) < 4.78 is 0. The van der Waals surface area contributed by atoms with Crippen molar-refractivity contribution < 1.29 is 0 Å². The van der Waals surface area contributed by atoms with Gasteiger partial charge in [0.15, 0.2) is 0 Å². The van der Waals surface area contributed by atoms with Gasteiger partial charge in [-0.15, -0.1) is 0 Å². The normalized spacial score (nSPS) is 13.1. The van der Waals surface area contributed by atoms with Crippen molar-refractivity contribution >= 4 is 0 Å². The summed E-state index contributed by atoms with van der Waals surface area (Å²) >= 11 is 0. The highest BCUT2D eigenvalue weighted by Crippen LogP contribution is 2.56. The van der Waals surface area contributed by atoms with Gasteiger partial charge < -0.3 is 0 Å². The van der Waals surface area contributed by atoms with Crippen LogP contribution in [0.3, 0.4) is 0 Å². The van der Waals surface area contributed by atoms with Crippen LogP contribution in [0.4, 0.5) is 0 Å². The van der Waals surface area contributed by atoms with Crippen LogP contribution in [0.1, 0.15) is 33.4 Å². The first-order valence-electron chi connectivity index (χ1n) is 13.3. The maximum atomic E-state index is 2.41. The molecule has 0 saturated heterocycles. The van der Waals surface area contributed by atoms with Crippen molar-refractivity contribution in [2.45, 2.75) is 11.8 Å². The Morgan fingerprint density at radius 3 is 1.63 bits per heavy atom. The molecule has 0 aliphatic heterocycles. The molecule has 7 rings (SSSR count). The lowest BCUT2D eigenvalue weighted by molar-refractivity contribution is 0.768. The highest BCUT2D eigenvalue weighted by atomic mass is 14.5. The van der Waals surface area contributed by atoms with Crippen LogP contribution in [-0.2, 0) is 11.8 Å². The van der Waals surface area contributed by atoms with Crippen LogP contribution in [0.25, 0.3) is 22.3 Å². The van der Waals surface area contributed by atoms with Crippen LogP contribution in [0.2, 0.25) is 0 Å². The maximum absolute atomic E-state index is 2.41. The predicted octanol–water partition coefficient (Wildman–Crippen LogP) is 9.31. The van der Waals surface area contributed by atoms with Crippen molar-refractivity contribution in [2.75, 3.05) is 0 Å². The molecule has 0 N–H and O–H groups in total. The number of benzene rings is 6. The molecule has 0 saturated carbocycles. The third-order valence-corrected chi connectivity index (χ3v) is 7.97. The van der Waals surface area contributed by atoms with Crippen LogP contribution in [0.15, 0.2) is 158 Å². The zero-order valence-corrected chi connectivity index (χ0v) is 21.2. The van der Waals surface area contributed by atoms with Gasteiger partial charge in [0.2, 0.25) is 0 Å². The van der Waals surface area contributed by atoms with E-state index in [1.54, 1.807) is 0 Å². The summed E-state index contributed by atoms with van der Waals surface area (Å²) in [5.74, 6) is 0. The lowest BCUT2D eigenvalue weighted by Crippen LogP contribution is -2.28. The molecule has 6 aromatic carbocycles. The summed E-state index contributed by atoms with van der Waals surface area (Å²) in [6, 6.07) is 57.7. The van der Waals surface area contributed by atoms with Gasteiger partial charge in [-0.25, -0.2) is 0 Å². The first kappa shape index (κ1) is 22.5. The van der Waals surface area contributed by atoms with E-state index in [0.29, 0.717) is 0 Å². The Morgan fingerprint density at radius 2 is 0.921 bits per heavy atom. The zero-order chi connectivity index (χ0) is 25.4. The largest absolute Gasteiger partial charge is 0.0713 e. The molecule has 1 aliphatic carbocycles. The second-order valence-corrected chi connectivity index (χ2v) is 10.2. The van der Waals surface area contributed by atoms with Gasteiger partial charge in [-0.05, 0) is 68.1 Å². The Morgan fingerprint density at radius 1 is 0.368 bits per heavy atom. The van der Waals surface area contributed by atoms with E-state index in [4.69, 9.17) is 0 Å². The second kappa shape index (κ2) is 9.32. The topological polar surface area (TPSA) is 0 Å². The van der Waals surface area contributed by atoms with Crippen molar-refractivity contribution in [1.82, 2.24) is 0 Å². The molecule has 0 unspecified atom stereocenters.